The second-order valence-electron chi connectivity index (χ2n) is 6.68. The number of carboxylic acid groups (broad SMARTS) is 1. The molecule has 0 bridgehead atoms. The number of nitrogens with zero attached hydrogens (tertiary/aromatic N) is 2. The number of pyridine rings is 1. The van der Waals surface area contributed by atoms with Crippen molar-refractivity contribution in [2.75, 3.05) is 18.4 Å². The van der Waals surface area contributed by atoms with E-state index in [4.69, 9.17) is 0 Å². The summed E-state index contributed by atoms with van der Waals surface area (Å²) in [5.74, 6) is -0.796. The van der Waals surface area contributed by atoms with Crippen molar-refractivity contribution >= 4 is 28.6 Å². The van der Waals surface area contributed by atoms with Crippen molar-refractivity contribution in [1.29, 1.82) is 0 Å². The molecule has 1 aromatic heterocycles. The Hall–Kier alpha value is -3.41. The number of hydrogen-bond donors (Lipinski definition) is 2. The van der Waals surface area contributed by atoms with Crippen LogP contribution in [-0.4, -0.2) is 40.1 Å². The molecular formula is C21H19N3O3. The number of carbonyl (C=O) groups excluding carboxylic acids is 1. The fourth-order valence-corrected chi connectivity index (χ4v) is 3.70. The first-order valence-electron chi connectivity index (χ1n) is 8.81. The Morgan fingerprint density at radius 2 is 1.81 bits per heavy atom. The molecule has 0 aliphatic carbocycles. The molecular weight excluding hydrogens is 342 g/mol. The zero-order valence-corrected chi connectivity index (χ0v) is 14.6. The van der Waals surface area contributed by atoms with Gasteiger partial charge in [-0.15, -0.1) is 0 Å². The standard InChI is InChI=1S/C21H19N3O3/c25-20(23-19-10-4-9-18-15(19)8-5-11-22-18)17-13-24(21(26)27)12-16(17)14-6-2-1-3-7-14/h1-11,16-17H,12-13H2,(H,23,25)(H,26,27). The van der Waals surface area contributed by atoms with Crippen molar-refractivity contribution in [2.45, 2.75) is 5.92 Å². The molecule has 1 aliphatic heterocycles. The summed E-state index contributed by atoms with van der Waals surface area (Å²) in [6.07, 6.45) is 0.710. The number of rotatable bonds is 3. The molecule has 1 fully saturated rings. The second kappa shape index (κ2) is 7.07. The number of carbonyl (C=O) groups is 2. The Bertz CT molecular complexity index is 985. The molecule has 2 unspecified atom stereocenters. The smallest absolute Gasteiger partial charge is 0.407 e. The minimum Gasteiger partial charge on any atom is -0.465 e. The van der Waals surface area contributed by atoms with Crippen molar-refractivity contribution in [3.8, 4) is 0 Å². The van der Waals surface area contributed by atoms with Gasteiger partial charge >= 0.3 is 6.09 Å². The molecule has 0 radical (unpaired) electrons. The molecule has 0 spiro atoms. The number of likely N-dealkylation sites (tertiary alicyclic amines) is 1. The number of nitrogens with one attached hydrogen (secondary N) is 1. The quantitative estimate of drug-likeness (QED) is 0.747. The van der Waals surface area contributed by atoms with Crippen LogP contribution in [0.3, 0.4) is 0 Å². The second-order valence-corrected chi connectivity index (χ2v) is 6.68. The highest BCUT2D eigenvalue weighted by atomic mass is 16.4. The van der Waals surface area contributed by atoms with Crippen LogP contribution in [0.1, 0.15) is 11.5 Å². The summed E-state index contributed by atoms with van der Waals surface area (Å²) in [5.41, 5.74) is 2.46. The van der Waals surface area contributed by atoms with Gasteiger partial charge in [-0.2, -0.15) is 0 Å². The summed E-state index contributed by atoms with van der Waals surface area (Å²) in [6, 6.07) is 18.9. The Balaban J connectivity index is 1.63. The molecule has 6 heteroatoms. The Morgan fingerprint density at radius 3 is 2.59 bits per heavy atom. The molecule has 2 heterocycles. The first-order valence-corrected chi connectivity index (χ1v) is 8.81. The SMILES string of the molecule is O=C(Nc1cccc2ncccc12)C1CN(C(=O)O)CC1c1ccccc1. The largest absolute Gasteiger partial charge is 0.465 e. The number of benzene rings is 2. The maximum atomic E-state index is 13.1. The fraction of sp³-hybridized carbons (Fsp3) is 0.190. The van der Waals surface area contributed by atoms with E-state index in [2.05, 4.69) is 10.3 Å². The average Bonchev–Trinajstić information content (AvgIpc) is 3.15. The predicted molar refractivity (Wildman–Crippen MR) is 103 cm³/mol. The number of aromatic nitrogens is 1. The van der Waals surface area contributed by atoms with E-state index >= 15 is 0 Å². The van der Waals surface area contributed by atoms with Crippen molar-refractivity contribution in [2.24, 2.45) is 5.92 Å². The van der Waals surface area contributed by atoms with Crippen molar-refractivity contribution in [3.63, 3.8) is 0 Å². The van der Waals surface area contributed by atoms with Crippen LogP contribution in [0.4, 0.5) is 10.5 Å². The number of hydrogen-bond acceptors (Lipinski definition) is 3. The minimum atomic E-state index is -0.999. The Kier molecular flexibility index (Phi) is 4.46. The summed E-state index contributed by atoms with van der Waals surface area (Å²) in [6.45, 7) is 0.498. The lowest BCUT2D eigenvalue weighted by Crippen LogP contribution is -2.30. The number of fused-ring (bicyclic) bond motifs is 1. The predicted octanol–water partition coefficient (Wildman–Crippen LogP) is 3.57. The molecule has 27 heavy (non-hydrogen) atoms. The van der Waals surface area contributed by atoms with Crippen LogP contribution < -0.4 is 5.32 Å². The first-order chi connectivity index (χ1) is 13.1. The van der Waals surface area contributed by atoms with Crippen LogP contribution in [0.2, 0.25) is 0 Å². The third-order valence-corrected chi connectivity index (χ3v) is 5.06. The van der Waals surface area contributed by atoms with E-state index in [1.54, 1.807) is 6.20 Å². The summed E-state index contributed by atoms with van der Waals surface area (Å²) in [5, 5.41) is 13.2. The van der Waals surface area contributed by atoms with E-state index in [0.717, 1.165) is 16.5 Å². The molecule has 4 rings (SSSR count). The van der Waals surface area contributed by atoms with E-state index in [0.29, 0.717) is 12.2 Å². The highest BCUT2D eigenvalue weighted by Gasteiger charge is 2.40. The Morgan fingerprint density at radius 1 is 1.00 bits per heavy atom. The molecule has 0 saturated carbocycles. The van der Waals surface area contributed by atoms with Gasteiger partial charge in [-0.25, -0.2) is 4.79 Å². The maximum absolute atomic E-state index is 13.1. The number of amides is 2. The van der Waals surface area contributed by atoms with E-state index in [1.165, 1.54) is 4.90 Å². The van der Waals surface area contributed by atoms with Crippen LogP contribution in [0.15, 0.2) is 66.9 Å². The lowest BCUT2D eigenvalue weighted by atomic mass is 9.88. The van der Waals surface area contributed by atoms with Crippen LogP contribution in [0.5, 0.6) is 0 Å². The van der Waals surface area contributed by atoms with Gasteiger partial charge in [-0.1, -0.05) is 36.4 Å². The van der Waals surface area contributed by atoms with Crippen LogP contribution in [-0.2, 0) is 4.79 Å². The third-order valence-electron chi connectivity index (χ3n) is 5.06. The van der Waals surface area contributed by atoms with Gasteiger partial charge in [-0.05, 0) is 29.8 Å². The monoisotopic (exact) mass is 361 g/mol. The maximum Gasteiger partial charge on any atom is 0.407 e. The van der Waals surface area contributed by atoms with Gasteiger partial charge < -0.3 is 15.3 Å². The minimum absolute atomic E-state index is 0.171. The van der Waals surface area contributed by atoms with E-state index < -0.39 is 12.0 Å². The van der Waals surface area contributed by atoms with Gasteiger partial charge in [0.1, 0.15) is 0 Å². The van der Waals surface area contributed by atoms with Gasteiger partial charge in [-0.3, -0.25) is 9.78 Å². The van der Waals surface area contributed by atoms with Crippen molar-refractivity contribution in [1.82, 2.24) is 9.88 Å². The summed E-state index contributed by atoms with van der Waals surface area (Å²) >= 11 is 0. The molecule has 2 N–H and O–H groups in total. The topological polar surface area (TPSA) is 82.5 Å². The molecule has 1 saturated heterocycles. The molecule has 136 valence electrons. The average molecular weight is 361 g/mol. The van der Waals surface area contributed by atoms with E-state index in [9.17, 15) is 14.7 Å². The van der Waals surface area contributed by atoms with Gasteiger partial charge in [0.25, 0.3) is 0 Å². The van der Waals surface area contributed by atoms with Gasteiger partial charge in [0.2, 0.25) is 5.91 Å². The number of anilines is 1. The fourth-order valence-electron chi connectivity index (χ4n) is 3.70. The molecule has 6 nitrogen and oxygen atoms in total. The summed E-state index contributed by atoms with van der Waals surface area (Å²) in [7, 11) is 0. The lowest BCUT2D eigenvalue weighted by molar-refractivity contribution is -0.119. The summed E-state index contributed by atoms with van der Waals surface area (Å²) < 4.78 is 0. The molecule has 3 aromatic rings. The van der Waals surface area contributed by atoms with Gasteiger partial charge in [0.15, 0.2) is 0 Å². The van der Waals surface area contributed by atoms with E-state index in [-0.39, 0.29) is 18.4 Å². The molecule has 1 aliphatic rings. The van der Waals surface area contributed by atoms with Crippen LogP contribution in [0.25, 0.3) is 10.9 Å². The molecule has 2 amide bonds. The van der Waals surface area contributed by atoms with Gasteiger partial charge in [0, 0.05) is 30.6 Å². The molecule has 2 aromatic carbocycles. The van der Waals surface area contributed by atoms with Gasteiger partial charge in [0.05, 0.1) is 17.1 Å². The highest BCUT2D eigenvalue weighted by Crippen LogP contribution is 2.34. The molecule has 2 atom stereocenters. The van der Waals surface area contributed by atoms with Crippen LogP contribution in [0, 0.1) is 5.92 Å². The van der Waals surface area contributed by atoms with Crippen molar-refractivity contribution in [3.05, 3.63) is 72.4 Å². The Labute approximate surface area is 156 Å². The third kappa shape index (κ3) is 3.33. The first kappa shape index (κ1) is 17.0. The zero-order valence-electron chi connectivity index (χ0n) is 14.6. The van der Waals surface area contributed by atoms with E-state index in [1.807, 2.05) is 60.7 Å². The zero-order chi connectivity index (χ0) is 18.8. The summed E-state index contributed by atoms with van der Waals surface area (Å²) in [4.78, 5) is 30.1. The normalized spacial score (nSPS) is 19.2. The van der Waals surface area contributed by atoms with Crippen LogP contribution >= 0.6 is 0 Å². The highest BCUT2D eigenvalue weighted by molar-refractivity contribution is 6.02. The van der Waals surface area contributed by atoms with Crippen molar-refractivity contribution < 1.29 is 14.7 Å². The lowest BCUT2D eigenvalue weighted by Gasteiger charge is -2.18.